The fourth-order valence-electron chi connectivity index (χ4n) is 3.86. The van der Waals surface area contributed by atoms with Gasteiger partial charge in [-0.1, -0.05) is 18.2 Å². The SMILES string of the molecule is CC(C)OC(=O)C(C)NP(=O)(OCC1=C(F)[C@@H](n2cnc3c(N)ncnc32)[C@H](O)[C@@H]1O)Oc1ccccc1. The predicted molar refractivity (Wildman–Crippen MR) is 133 cm³/mol. The van der Waals surface area contributed by atoms with E-state index in [1.807, 2.05) is 0 Å². The van der Waals surface area contributed by atoms with Crippen molar-refractivity contribution in [2.24, 2.45) is 0 Å². The first-order chi connectivity index (χ1) is 18.0. The van der Waals surface area contributed by atoms with Gasteiger partial charge in [-0.25, -0.2) is 23.9 Å². The number of para-hydroxylation sites is 1. The summed E-state index contributed by atoms with van der Waals surface area (Å²) >= 11 is 0. The van der Waals surface area contributed by atoms with Crippen LogP contribution in [0.5, 0.6) is 5.75 Å². The third kappa shape index (κ3) is 5.69. The van der Waals surface area contributed by atoms with Gasteiger partial charge in [-0.3, -0.25) is 9.32 Å². The van der Waals surface area contributed by atoms with E-state index in [1.54, 1.807) is 32.0 Å². The minimum Gasteiger partial charge on any atom is -0.462 e. The Hall–Kier alpha value is -3.42. The van der Waals surface area contributed by atoms with Crippen LogP contribution in [0.25, 0.3) is 11.2 Å². The lowest BCUT2D eigenvalue weighted by Crippen LogP contribution is -2.36. The van der Waals surface area contributed by atoms with Crippen molar-refractivity contribution in [3.8, 4) is 5.75 Å². The van der Waals surface area contributed by atoms with Crippen LogP contribution in [-0.4, -0.2) is 66.7 Å². The number of aliphatic hydroxyl groups is 2. The number of carbonyl (C=O) groups excluding carboxylic acids is 1. The quantitative estimate of drug-likeness (QED) is 0.213. The Labute approximate surface area is 217 Å². The summed E-state index contributed by atoms with van der Waals surface area (Å²) in [4.78, 5) is 24.2. The van der Waals surface area contributed by atoms with Crippen molar-refractivity contribution in [3.05, 3.63) is 54.4 Å². The standard InChI is InChI=1S/C23H28FN6O7P/c1-12(2)36-23(33)13(3)29-38(34,37-14-7-5-4-6-8-14)35-9-15-16(24)18(20(32)19(15)31)30-11-28-17-21(25)26-10-27-22(17)30/h4-8,10-13,18-20,31-32H,9H2,1-3H3,(H,29,34)(H2,25,26,27)/t13?,18-,19-,20+,38?/m1/s1. The summed E-state index contributed by atoms with van der Waals surface area (Å²) in [6, 6.07) is 5.46. The summed E-state index contributed by atoms with van der Waals surface area (Å²) in [6.45, 7) is 3.97. The van der Waals surface area contributed by atoms with Crippen molar-refractivity contribution in [2.45, 2.75) is 51.2 Å². The fraction of sp³-hybridized carbons (Fsp3) is 0.391. The molecule has 0 saturated heterocycles. The number of ether oxygens (including phenoxy) is 1. The van der Waals surface area contributed by atoms with Crippen molar-refractivity contribution in [3.63, 3.8) is 0 Å². The molecule has 5 N–H and O–H groups in total. The third-order valence-electron chi connectivity index (χ3n) is 5.67. The molecule has 2 aromatic heterocycles. The number of halogens is 1. The molecule has 0 fully saturated rings. The molecular weight excluding hydrogens is 522 g/mol. The van der Waals surface area contributed by atoms with Crippen LogP contribution in [0.15, 0.2) is 54.4 Å². The molecule has 0 amide bonds. The highest BCUT2D eigenvalue weighted by molar-refractivity contribution is 7.52. The number of rotatable bonds is 10. The summed E-state index contributed by atoms with van der Waals surface area (Å²) in [5.41, 5.74) is 5.75. The summed E-state index contributed by atoms with van der Waals surface area (Å²) in [5.74, 6) is -1.45. The van der Waals surface area contributed by atoms with Crippen molar-refractivity contribution < 1.29 is 37.7 Å². The molecular formula is C23H28FN6O7P. The zero-order valence-corrected chi connectivity index (χ0v) is 21.7. The summed E-state index contributed by atoms with van der Waals surface area (Å²) in [6.07, 6.45) is -1.41. The maximum absolute atomic E-state index is 15.6. The van der Waals surface area contributed by atoms with Crippen LogP contribution >= 0.6 is 7.75 Å². The minimum absolute atomic E-state index is 0.0601. The van der Waals surface area contributed by atoms with Crippen LogP contribution < -0.4 is 15.3 Å². The predicted octanol–water partition coefficient (Wildman–Crippen LogP) is 2.04. The molecule has 0 aliphatic heterocycles. The number of anilines is 1. The number of carbonyl (C=O) groups is 1. The van der Waals surface area contributed by atoms with Crippen molar-refractivity contribution in [2.75, 3.05) is 12.3 Å². The van der Waals surface area contributed by atoms with Gasteiger partial charge < -0.3 is 29.8 Å². The van der Waals surface area contributed by atoms with Crippen LogP contribution in [0.2, 0.25) is 0 Å². The Morgan fingerprint density at radius 2 is 1.92 bits per heavy atom. The third-order valence-corrected chi connectivity index (χ3v) is 7.30. The maximum Gasteiger partial charge on any atom is 0.459 e. The van der Waals surface area contributed by atoms with Crippen LogP contribution in [-0.2, 0) is 18.6 Å². The van der Waals surface area contributed by atoms with E-state index < -0.39 is 56.5 Å². The van der Waals surface area contributed by atoms with E-state index in [2.05, 4.69) is 20.0 Å². The first kappa shape index (κ1) is 27.6. The normalized spacial score (nSPS) is 22.0. The largest absolute Gasteiger partial charge is 0.462 e. The molecule has 1 aromatic carbocycles. The molecule has 0 saturated carbocycles. The number of fused-ring (bicyclic) bond motifs is 1. The van der Waals surface area contributed by atoms with Gasteiger partial charge in [-0.2, -0.15) is 5.09 Å². The number of nitrogens with zero attached hydrogens (tertiary/aromatic N) is 4. The van der Waals surface area contributed by atoms with Crippen LogP contribution in [0.3, 0.4) is 0 Å². The molecule has 3 aromatic rings. The topological polar surface area (TPSA) is 184 Å². The number of imidazole rings is 1. The summed E-state index contributed by atoms with van der Waals surface area (Å²) < 4.78 is 46.6. The lowest BCUT2D eigenvalue weighted by molar-refractivity contribution is -0.149. The lowest BCUT2D eigenvalue weighted by atomic mass is 10.1. The van der Waals surface area contributed by atoms with Crippen molar-refractivity contribution >= 4 is 30.7 Å². The average Bonchev–Trinajstić information content (AvgIpc) is 3.37. The number of esters is 1. The number of nitrogens with two attached hydrogens (primary N) is 1. The lowest BCUT2D eigenvalue weighted by Gasteiger charge is -2.24. The number of hydrogen-bond acceptors (Lipinski definition) is 11. The highest BCUT2D eigenvalue weighted by Gasteiger charge is 2.45. The monoisotopic (exact) mass is 550 g/mol. The molecule has 2 heterocycles. The highest BCUT2D eigenvalue weighted by Crippen LogP contribution is 2.47. The van der Waals surface area contributed by atoms with Gasteiger partial charge >= 0.3 is 13.7 Å². The van der Waals surface area contributed by atoms with Gasteiger partial charge in [0.15, 0.2) is 11.5 Å². The Morgan fingerprint density at radius 3 is 2.61 bits per heavy atom. The first-order valence-corrected chi connectivity index (χ1v) is 13.2. The molecule has 0 spiro atoms. The van der Waals surface area contributed by atoms with E-state index >= 15 is 4.39 Å². The number of hydrogen-bond donors (Lipinski definition) is 4. The molecule has 38 heavy (non-hydrogen) atoms. The molecule has 1 aliphatic rings. The number of nitrogen functional groups attached to an aromatic ring is 1. The molecule has 0 radical (unpaired) electrons. The molecule has 1 aliphatic carbocycles. The zero-order valence-electron chi connectivity index (χ0n) is 20.8. The van der Waals surface area contributed by atoms with Gasteiger partial charge in [-0.15, -0.1) is 0 Å². The maximum atomic E-state index is 15.6. The van der Waals surface area contributed by atoms with Crippen molar-refractivity contribution in [1.82, 2.24) is 24.6 Å². The van der Waals surface area contributed by atoms with Gasteiger partial charge in [-0.05, 0) is 32.9 Å². The Balaban J connectivity index is 1.60. The molecule has 204 valence electrons. The molecule has 2 unspecified atom stereocenters. The molecule has 13 nitrogen and oxygen atoms in total. The zero-order chi connectivity index (χ0) is 27.6. The van der Waals surface area contributed by atoms with Crippen LogP contribution in [0.4, 0.5) is 10.2 Å². The molecule has 0 bridgehead atoms. The second kappa shape index (κ2) is 11.1. The van der Waals surface area contributed by atoms with E-state index in [-0.39, 0.29) is 28.3 Å². The van der Waals surface area contributed by atoms with Crippen LogP contribution in [0.1, 0.15) is 26.8 Å². The van der Waals surface area contributed by atoms with Gasteiger partial charge in [0.25, 0.3) is 0 Å². The number of benzene rings is 1. The molecule has 5 atom stereocenters. The van der Waals surface area contributed by atoms with Crippen molar-refractivity contribution in [1.29, 1.82) is 0 Å². The minimum atomic E-state index is -4.35. The Morgan fingerprint density at radius 1 is 1.21 bits per heavy atom. The van der Waals surface area contributed by atoms with E-state index in [9.17, 15) is 19.6 Å². The number of aromatic nitrogens is 4. The fourth-order valence-corrected chi connectivity index (χ4v) is 5.33. The molecule has 4 rings (SSSR count). The van der Waals surface area contributed by atoms with Gasteiger partial charge in [0.05, 0.1) is 19.0 Å². The Kier molecular flexibility index (Phi) is 8.09. The number of nitrogens with one attached hydrogen (secondary N) is 1. The molecule has 15 heteroatoms. The first-order valence-electron chi connectivity index (χ1n) is 11.7. The van der Waals surface area contributed by atoms with Gasteiger partial charge in [0.1, 0.15) is 47.7 Å². The summed E-state index contributed by atoms with van der Waals surface area (Å²) in [7, 11) is -4.35. The summed E-state index contributed by atoms with van der Waals surface area (Å²) in [5, 5.41) is 23.8. The second-order valence-corrected chi connectivity index (χ2v) is 10.5. The average molecular weight is 550 g/mol. The van der Waals surface area contributed by atoms with E-state index in [0.717, 1.165) is 6.33 Å². The van der Waals surface area contributed by atoms with E-state index in [4.69, 9.17) is 19.5 Å². The smallest absolute Gasteiger partial charge is 0.459 e. The Bertz CT molecular complexity index is 1390. The van der Waals surface area contributed by atoms with Gasteiger partial charge in [0, 0.05) is 5.57 Å². The second-order valence-electron chi connectivity index (χ2n) is 8.85. The number of aliphatic hydroxyl groups excluding tert-OH is 2. The van der Waals surface area contributed by atoms with Gasteiger partial charge in [0.2, 0.25) is 0 Å². The highest BCUT2D eigenvalue weighted by atomic mass is 31.2. The van der Waals surface area contributed by atoms with E-state index in [1.165, 1.54) is 30.0 Å². The van der Waals surface area contributed by atoms with Crippen LogP contribution in [0, 0.1) is 0 Å². The van der Waals surface area contributed by atoms with E-state index in [0.29, 0.717) is 0 Å².